The number of halogens is 3. The maximum Gasteiger partial charge on any atom is 0.256 e. The van der Waals surface area contributed by atoms with Gasteiger partial charge < -0.3 is 10.6 Å². The molecule has 0 bridgehead atoms. The molecule has 0 spiro atoms. The van der Waals surface area contributed by atoms with Gasteiger partial charge in [0.05, 0.1) is 11.9 Å². The minimum absolute atomic E-state index is 0.00376. The van der Waals surface area contributed by atoms with Crippen LogP contribution in [0.5, 0.6) is 0 Å². The van der Waals surface area contributed by atoms with E-state index >= 15 is 0 Å². The first-order valence-electron chi connectivity index (χ1n) is 7.26. The van der Waals surface area contributed by atoms with Crippen LogP contribution in [0.15, 0.2) is 60.8 Å². The Morgan fingerprint density at radius 3 is 2.28 bits per heavy atom. The lowest BCUT2D eigenvalue weighted by atomic mass is 10.2. The Hall–Kier alpha value is -2.99. The number of carbonyl (C=O) groups excluding carboxylic acids is 1. The predicted molar refractivity (Wildman–Crippen MR) is 93.3 cm³/mol. The maximum atomic E-state index is 13.2. The van der Waals surface area contributed by atoms with E-state index in [1.807, 2.05) is 12.1 Å². The lowest BCUT2D eigenvalue weighted by Gasteiger charge is -2.08. The van der Waals surface area contributed by atoms with Gasteiger partial charge in [-0.1, -0.05) is 11.6 Å². The minimum atomic E-state index is -1.08. The zero-order valence-corrected chi connectivity index (χ0v) is 13.5. The van der Waals surface area contributed by atoms with Gasteiger partial charge in [-0.25, -0.2) is 13.8 Å². The molecule has 0 aliphatic rings. The van der Waals surface area contributed by atoms with Crippen LogP contribution < -0.4 is 10.6 Å². The Labute approximate surface area is 147 Å². The number of aromatic nitrogens is 1. The molecule has 0 aliphatic carbocycles. The highest BCUT2D eigenvalue weighted by Gasteiger charge is 2.10. The van der Waals surface area contributed by atoms with Gasteiger partial charge in [0.25, 0.3) is 5.91 Å². The van der Waals surface area contributed by atoms with Crippen molar-refractivity contribution in [1.82, 2.24) is 4.98 Å². The minimum Gasteiger partial charge on any atom is -0.354 e. The van der Waals surface area contributed by atoms with Gasteiger partial charge in [-0.2, -0.15) is 0 Å². The predicted octanol–water partition coefficient (Wildman–Crippen LogP) is 5.01. The largest absolute Gasteiger partial charge is 0.354 e. The van der Waals surface area contributed by atoms with E-state index in [1.54, 1.807) is 24.3 Å². The molecule has 3 aromatic rings. The lowest BCUT2D eigenvalue weighted by molar-refractivity contribution is 0.102. The number of anilines is 3. The van der Waals surface area contributed by atoms with Gasteiger partial charge in [-0.15, -0.1) is 0 Å². The monoisotopic (exact) mass is 359 g/mol. The smallest absolute Gasteiger partial charge is 0.256 e. The molecule has 0 radical (unpaired) electrons. The number of hydrogen-bond acceptors (Lipinski definition) is 3. The number of benzene rings is 2. The molecular weight excluding hydrogens is 348 g/mol. The Morgan fingerprint density at radius 1 is 0.920 bits per heavy atom. The van der Waals surface area contributed by atoms with Gasteiger partial charge in [0.15, 0.2) is 11.6 Å². The summed E-state index contributed by atoms with van der Waals surface area (Å²) in [6.07, 6.45) is 1.54. The summed E-state index contributed by atoms with van der Waals surface area (Å²) in [4.78, 5) is 16.1. The molecule has 1 heterocycles. The average Bonchev–Trinajstić information content (AvgIpc) is 2.61. The summed E-state index contributed by atoms with van der Waals surface area (Å²) < 4.78 is 26.1. The summed E-state index contributed by atoms with van der Waals surface area (Å²) in [7, 11) is 0. The van der Waals surface area contributed by atoms with Crippen molar-refractivity contribution in [2.45, 2.75) is 0 Å². The third kappa shape index (κ3) is 4.30. The number of nitrogens with one attached hydrogen (secondary N) is 2. The van der Waals surface area contributed by atoms with Crippen LogP contribution in [0.4, 0.5) is 26.0 Å². The molecule has 0 atom stereocenters. The van der Waals surface area contributed by atoms with Crippen molar-refractivity contribution >= 4 is 34.7 Å². The van der Waals surface area contributed by atoms with Crippen molar-refractivity contribution in [3.05, 3.63) is 83.0 Å². The molecule has 0 fully saturated rings. The maximum absolute atomic E-state index is 13.2. The number of rotatable bonds is 4. The van der Waals surface area contributed by atoms with Gasteiger partial charge in [0, 0.05) is 16.3 Å². The Morgan fingerprint density at radius 2 is 1.64 bits per heavy atom. The van der Waals surface area contributed by atoms with E-state index in [2.05, 4.69) is 15.6 Å². The molecule has 1 amide bonds. The quantitative estimate of drug-likeness (QED) is 0.688. The fraction of sp³-hybridized carbons (Fsp3) is 0. The van der Waals surface area contributed by atoms with E-state index < -0.39 is 17.5 Å². The van der Waals surface area contributed by atoms with Crippen LogP contribution in [-0.4, -0.2) is 10.9 Å². The van der Waals surface area contributed by atoms with Crippen LogP contribution in [0.1, 0.15) is 10.4 Å². The zero-order chi connectivity index (χ0) is 17.8. The normalized spacial score (nSPS) is 10.4. The van der Waals surface area contributed by atoms with E-state index in [0.29, 0.717) is 10.7 Å². The number of carbonyl (C=O) groups is 1. The van der Waals surface area contributed by atoms with Crippen molar-refractivity contribution in [2.75, 3.05) is 10.6 Å². The number of nitrogens with zero attached hydrogens (tertiary/aromatic N) is 1. The first kappa shape index (κ1) is 16.9. The van der Waals surface area contributed by atoms with Crippen LogP contribution >= 0.6 is 11.6 Å². The van der Waals surface area contributed by atoms with Crippen LogP contribution in [-0.2, 0) is 0 Å². The average molecular weight is 360 g/mol. The summed E-state index contributed by atoms with van der Waals surface area (Å²) in [5, 5.41) is 6.29. The highest BCUT2D eigenvalue weighted by molar-refractivity contribution is 6.30. The van der Waals surface area contributed by atoms with Crippen molar-refractivity contribution in [3.8, 4) is 0 Å². The molecule has 0 saturated heterocycles. The second-order valence-corrected chi connectivity index (χ2v) is 5.58. The molecule has 25 heavy (non-hydrogen) atoms. The molecule has 0 saturated carbocycles. The van der Waals surface area contributed by atoms with Gasteiger partial charge >= 0.3 is 0 Å². The molecule has 7 heteroatoms. The molecule has 2 aromatic carbocycles. The Bertz CT molecular complexity index is 899. The van der Waals surface area contributed by atoms with Gasteiger partial charge in [-0.3, -0.25) is 4.79 Å². The molecule has 126 valence electrons. The Kier molecular flexibility index (Phi) is 4.90. The second kappa shape index (κ2) is 7.27. The molecule has 1 aromatic heterocycles. The van der Waals surface area contributed by atoms with Crippen molar-refractivity contribution in [2.24, 2.45) is 0 Å². The molecular formula is C18H12ClF2N3O. The fourth-order valence-corrected chi connectivity index (χ4v) is 2.19. The lowest BCUT2D eigenvalue weighted by Crippen LogP contribution is -2.13. The highest BCUT2D eigenvalue weighted by atomic mass is 35.5. The Balaban J connectivity index is 1.66. The first-order chi connectivity index (χ1) is 12.0. The molecule has 0 aliphatic heterocycles. The summed E-state index contributed by atoms with van der Waals surface area (Å²) >= 11 is 5.83. The summed E-state index contributed by atoms with van der Waals surface area (Å²) in [5.74, 6) is -2.38. The van der Waals surface area contributed by atoms with Crippen molar-refractivity contribution < 1.29 is 13.6 Å². The fourth-order valence-electron chi connectivity index (χ4n) is 2.07. The first-order valence-corrected chi connectivity index (χ1v) is 7.64. The number of amides is 1. The zero-order valence-electron chi connectivity index (χ0n) is 12.8. The molecule has 2 N–H and O–H groups in total. The van der Waals surface area contributed by atoms with E-state index in [-0.39, 0.29) is 11.4 Å². The third-order valence-electron chi connectivity index (χ3n) is 3.32. The SMILES string of the molecule is O=C(Nc1ccc(Nc2ccc(Cl)cc2)cn1)c1ccc(F)c(F)c1. The van der Waals surface area contributed by atoms with Crippen LogP contribution in [0.2, 0.25) is 5.02 Å². The number of hydrogen-bond donors (Lipinski definition) is 2. The highest BCUT2D eigenvalue weighted by Crippen LogP contribution is 2.19. The molecule has 4 nitrogen and oxygen atoms in total. The number of pyridine rings is 1. The van der Waals surface area contributed by atoms with E-state index in [4.69, 9.17) is 11.6 Å². The molecule has 3 rings (SSSR count). The van der Waals surface area contributed by atoms with Gasteiger partial charge in [0.2, 0.25) is 0 Å². The van der Waals surface area contributed by atoms with E-state index in [9.17, 15) is 13.6 Å². The summed E-state index contributed by atoms with van der Waals surface area (Å²) in [5.41, 5.74) is 1.56. The third-order valence-corrected chi connectivity index (χ3v) is 3.57. The topological polar surface area (TPSA) is 54.0 Å². The van der Waals surface area contributed by atoms with Crippen LogP contribution in [0, 0.1) is 11.6 Å². The van der Waals surface area contributed by atoms with Crippen LogP contribution in [0.3, 0.4) is 0 Å². The second-order valence-electron chi connectivity index (χ2n) is 5.15. The summed E-state index contributed by atoms with van der Waals surface area (Å²) in [6.45, 7) is 0. The summed E-state index contributed by atoms with van der Waals surface area (Å²) in [6, 6.07) is 13.4. The van der Waals surface area contributed by atoms with E-state index in [1.165, 1.54) is 12.3 Å². The van der Waals surface area contributed by atoms with Crippen molar-refractivity contribution in [1.29, 1.82) is 0 Å². The van der Waals surface area contributed by atoms with Gasteiger partial charge in [0.1, 0.15) is 5.82 Å². The van der Waals surface area contributed by atoms with E-state index in [0.717, 1.165) is 17.8 Å². The van der Waals surface area contributed by atoms with Crippen LogP contribution in [0.25, 0.3) is 0 Å². The van der Waals surface area contributed by atoms with Gasteiger partial charge in [-0.05, 0) is 54.6 Å². The van der Waals surface area contributed by atoms with Crippen molar-refractivity contribution in [3.63, 3.8) is 0 Å². The standard InChI is InChI=1S/C18H12ClF2N3O/c19-12-2-4-13(5-3-12)23-14-6-8-17(22-10-14)24-18(25)11-1-7-15(20)16(21)9-11/h1-10,23H,(H,22,24,25). The molecule has 0 unspecified atom stereocenters.